The maximum Gasteiger partial charge on any atom is 0.216 e. The van der Waals surface area contributed by atoms with Crippen LogP contribution in [-0.2, 0) is 4.79 Å². The molecule has 0 aromatic carbocycles. The van der Waals surface area contributed by atoms with E-state index < -0.39 is 0 Å². The smallest absolute Gasteiger partial charge is 0.216 e. The molecule has 0 aliphatic rings. The van der Waals surface area contributed by atoms with E-state index in [0.29, 0.717) is 24.6 Å². The van der Waals surface area contributed by atoms with Crippen LogP contribution in [0.25, 0.3) is 0 Å². The minimum absolute atomic E-state index is 0.0372. The number of carbonyl (C=O) groups excluding carboxylic acids is 1. The molecular weight excluding hydrogens is 218 g/mol. The first-order valence-electron chi connectivity index (χ1n) is 5.32. The lowest BCUT2D eigenvalue weighted by molar-refractivity contribution is -0.118. The molecule has 0 fully saturated rings. The molecule has 6 nitrogen and oxygen atoms in total. The fourth-order valence-corrected chi connectivity index (χ4v) is 1.38. The predicted octanol–water partition coefficient (Wildman–Crippen LogP) is 0.311. The van der Waals surface area contributed by atoms with Gasteiger partial charge >= 0.3 is 0 Å². The van der Waals surface area contributed by atoms with Crippen LogP contribution in [0, 0.1) is 11.3 Å². The highest BCUT2D eigenvalue weighted by molar-refractivity contribution is 5.72. The molecule has 0 atom stereocenters. The van der Waals surface area contributed by atoms with Crippen LogP contribution in [0.3, 0.4) is 0 Å². The van der Waals surface area contributed by atoms with Gasteiger partial charge in [-0.1, -0.05) is 0 Å². The number of anilines is 1. The first-order chi connectivity index (χ1) is 8.15. The van der Waals surface area contributed by atoms with Crippen molar-refractivity contribution in [2.24, 2.45) is 0 Å². The zero-order chi connectivity index (χ0) is 12.7. The zero-order valence-electron chi connectivity index (χ0n) is 9.97. The monoisotopic (exact) mass is 233 g/mol. The van der Waals surface area contributed by atoms with E-state index in [4.69, 9.17) is 5.26 Å². The van der Waals surface area contributed by atoms with Crippen molar-refractivity contribution in [2.75, 3.05) is 25.0 Å². The Morgan fingerprint density at radius 1 is 1.53 bits per heavy atom. The van der Waals surface area contributed by atoms with Gasteiger partial charge in [-0.05, 0) is 6.42 Å². The maximum absolute atomic E-state index is 10.7. The number of hydrogen-bond acceptors (Lipinski definition) is 5. The van der Waals surface area contributed by atoms with E-state index in [2.05, 4.69) is 15.3 Å². The molecule has 0 radical (unpaired) electrons. The standard InChI is InChI=1S/C11H15N5O/c1-9(17)13-4-3-7-16(2)11-10(8-12)14-5-6-15-11/h5-6H,3-4,7H2,1-2H3,(H,13,17). The Labute approximate surface area is 100 Å². The average Bonchev–Trinajstić information content (AvgIpc) is 2.34. The van der Waals surface area contributed by atoms with Crippen molar-refractivity contribution in [3.8, 4) is 6.07 Å². The Bertz CT molecular complexity index is 426. The zero-order valence-corrected chi connectivity index (χ0v) is 9.97. The molecule has 1 rings (SSSR count). The quantitative estimate of drug-likeness (QED) is 0.740. The van der Waals surface area contributed by atoms with Gasteiger partial charge in [0.1, 0.15) is 6.07 Å². The molecule has 0 spiro atoms. The summed E-state index contributed by atoms with van der Waals surface area (Å²) in [5.41, 5.74) is 0.314. The third kappa shape index (κ3) is 4.07. The van der Waals surface area contributed by atoms with Gasteiger partial charge in [-0.25, -0.2) is 9.97 Å². The largest absolute Gasteiger partial charge is 0.357 e. The Hall–Kier alpha value is -2.16. The number of nitrogens with zero attached hydrogens (tertiary/aromatic N) is 4. The number of nitriles is 1. The van der Waals surface area contributed by atoms with E-state index in [1.807, 2.05) is 18.0 Å². The summed E-state index contributed by atoms with van der Waals surface area (Å²) >= 11 is 0. The number of rotatable bonds is 5. The SMILES string of the molecule is CC(=O)NCCCN(C)c1nccnc1C#N. The lowest BCUT2D eigenvalue weighted by Crippen LogP contribution is -2.27. The minimum Gasteiger partial charge on any atom is -0.357 e. The lowest BCUT2D eigenvalue weighted by Gasteiger charge is -2.18. The lowest BCUT2D eigenvalue weighted by atomic mass is 10.3. The fraction of sp³-hybridized carbons (Fsp3) is 0.455. The Morgan fingerprint density at radius 2 is 2.24 bits per heavy atom. The molecule has 1 amide bonds. The van der Waals surface area contributed by atoms with Gasteiger partial charge in [-0.15, -0.1) is 0 Å². The summed E-state index contributed by atoms with van der Waals surface area (Å²) in [5, 5.41) is 11.6. The number of amides is 1. The van der Waals surface area contributed by atoms with E-state index >= 15 is 0 Å². The normalized spacial score (nSPS) is 9.47. The van der Waals surface area contributed by atoms with Crippen molar-refractivity contribution in [1.29, 1.82) is 5.26 Å². The summed E-state index contributed by atoms with van der Waals surface area (Å²) in [4.78, 5) is 20.6. The van der Waals surface area contributed by atoms with Crippen molar-refractivity contribution in [2.45, 2.75) is 13.3 Å². The van der Waals surface area contributed by atoms with Crippen molar-refractivity contribution >= 4 is 11.7 Å². The third-order valence-electron chi connectivity index (χ3n) is 2.19. The molecule has 0 saturated carbocycles. The summed E-state index contributed by atoms with van der Waals surface area (Å²) in [7, 11) is 1.85. The minimum atomic E-state index is -0.0372. The molecule has 0 bridgehead atoms. The van der Waals surface area contributed by atoms with Gasteiger partial charge in [0.05, 0.1) is 0 Å². The van der Waals surface area contributed by atoms with E-state index in [0.717, 1.165) is 6.42 Å². The summed E-state index contributed by atoms with van der Waals surface area (Å²) in [5.74, 6) is 0.530. The van der Waals surface area contributed by atoms with Crippen molar-refractivity contribution < 1.29 is 4.79 Å². The van der Waals surface area contributed by atoms with Gasteiger partial charge in [-0.3, -0.25) is 4.79 Å². The number of hydrogen-bond donors (Lipinski definition) is 1. The number of aromatic nitrogens is 2. The van der Waals surface area contributed by atoms with Gasteiger partial charge in [0, 0.05) is 39.5 Å². The second-order valence-electron chi connectivity index (χ2n) is 3.60. The Kier molecular flexibility index (Phi) is 4.88. The van der Waals surface area contributed by atoms with Crippen LogP contribution in [0.15, 0.2) is 12.4 Å². The molecule has 1 heterocycles. The molecular formula is C11H15N5O. The molecule has 1 aromatic rings. The predicted molar refractivity (Wildman–Crippen MR) is 63.3 cm³/mol. The molecule has 17 heavy (non-hydrogen) atoms. The molecule has 1 N–H and O–H groups in total. The van der Waals surface area contributed by atoms with Gasteiger partial charge in [0.15, 0.2) is 11.5 Å². The second kappa shape index (κ2) is 6.43. The third-order valence-corrected chi connectivity index (χ3v) is 2.19. The highest BCUT2D eigenvalue weighted by atomic mass is 16.1. The molecule has 0 saturated heterocycles. The van der Waals surface area contributed by atoms with Crippen LogP contribution < -0.4 is 10.2 Å². The van der Waals surface area contributed by atoms with E-state index in [9.17, 15) is 4.79 Å². The molecule has 1 aromatic heterocycles. The molecule has 0 aliphatic heterocycles. The van der Waals surface area contributed by atoms with Gasteiger partial charge < -0.3 is 10.2 Å². The fourth-order valence-electron chi connectivity index (χ4n) is 1.38. The second-order valence-corrected chi connectivity index (χ2v) is 3.60. The van der Waals surface area contributed by atoms with Gasteiger partial charge in [-0.2, -0.15) is 5.26 Å². The van der Waals surface area contributed by atoms with Gasteiger partial charge in [0.2, 0.25) is 5.91 Å². The topological polar surface area (TPSA) is 81.9 Å². The first-order valence-corrected chi connectivity index (χ1v) is 5.32. The van der Waals surface area contributed by atoms with Crippen LogP contribution in [0.1, 0.15) is 19.0 Å². The average molecular weight is 233 g/mol. The van der Waals surface area contributed by atoms with Crippen LogP contribution in [0.5, 0.6) is 0 Å². The Morgan fingerprint density at radius 3 is 2.88 bits per heavy atom. The van der Waals surface area contributed by atoms with E-state index in [1.165, 1.54) is 13.1 Å². The summed E-state index contributed by atoms with van der Waals surface area (Å²) < 4.78 is 0. The Balaban J connectivity index is 2.50. The summed E-state index contributed by atoms with van der Waals surface area (Å²) in [6.45, 7) is 2.80. The van der Waals surface area contributed by atoms with Crippen molar-refractivity contribution in [3.63, 3.8) is 0 Å². The molecule has 6 heteroatoms. The van der Waals surface area contributed by atoms with Crippen LogP contribution in [0.4, 0.5) is 5.82 Å². The highest BCUT2D eigenvalue weighted by Gasteiger charge is 2.08. The highest BCUT2D eigenvalue weighted by Crippen LogP contribution is 2.11. The van der Waals surface area contributed by atoms with Crippen LogP contribution in [0.2, 0.25) is 0 Å². The number of carbonyl (C=O) groups is 1. The molecule has 0 aliphatic carbocycles. The van der Waals surface area contributed by atoms with Gasteiger partial charge in [0.25, 0.3) is 0 Å². The first kappa shape index (κ1) is 12.9. The summed E-state index contributed by atoms with van der Waals surface area (Å²) in [6.07, 6.45) is 3.84. The molecule has 90 valence electrons. The van der Waals surface area contributed by atoms with Crippen LogP contribution >= 0.6 is 0 Å². The maximum atomic E-state index is 10.7. The number of nitrogens with one attached hydrogen (secondary N) is 1. The van der Waals surface area contributed by atoms with E-state index in [-0.39, 0.29) is 5.91 Å². The summed E-state index contributed by atoms with van der Waals surface area (Å²) in [6, 6.07) is 2.00. The van der Waals surface area contributed by atoms with Crippen molar-refractivity contribution in [3.05, 3.63) is 18.1 Å². The van der Waals surface area contributed by atoms with E-state index in [1.54, 1.807) is 6.20 Å². The van der Waals surface area contributed by atoms with Crippen LogP contribution in [-0.4, -0.2) is 36.0 Å². The molecule has 0 unspecified atom stereocenters. The van der Waals surface area contributed by atoms with Crippen molar-refractivity contribution in [1.82, 2.24) is 15.3 Å².